The van der Waals surface area contributed by atoms with Gasteiger partial charge in [0, 0.05) is 17.9 Å². The second kappa shape index (κ2) is 4.98. The van der Waals surface area contributed by atoms with Crippen LogP contribution in [-0.2, 0) is 0 Å². The number of terminal acetylenes is 1. The van der Waals surface area contributed by atoms with E-state index in [0.29, 0.717) is 5.70 Å². The van der Waals surface area contributed by atoms with Gasteiger partial charge in [-0.15, -0.1) is 6.42 Å². The molecule has 14 heavy (non-hydrogen) atoms. The van der Waals surface area contributed by atoms with E-state index in [1.54, 1.807) is 31.3 Å². The SMILES string of the molecule is C#C/C=C(\N=C/C)c1ccc(F)cc1. The summed E-state index contributed by atoms with van der Waals surface area (Å²) >= 11 is 0. The van der Waals surface area contributed by atoms with E-state index in [1.165, 1.54) is 12.1 Å². The number of hydrogen-bond acceptors (Lipinski definition) is 1. The Kier molecular flexibility index (Phi) is 3.63. The zero-order valence-electron chi connectivity index (χ0n) is 7.87. The minimum absolute atomic E-state index is 0.269. The van der Waals surface area contributed by atoms with Gasteiger partial charge in [0.05, 0.1) is 5.70 Å². The molecule has 0 amide bonds. The lowest BCUT2D eigenvalue weighted by molar-refractivity contribution is 0.627. The lowest BCUT2D eigenvalue weighted by Gasteiger charge is -1.99. The van der Waals surface area contributed by atoms with Gasteiger partial charge in [-0.25, -0.2) is 4.39 Å². The maximum absolute atomic E-state index is 12.6. The van der Waals surface area contributed by atoms with Gasteiger partial charge in [-0.3, -0.25) is 4.99 Å². The van der Waals surface area contributed by atoms with Gasteiger partial charge < -0.3 is 0 Å². The number of halogens is 1. The molecule has 0 aliphatic carbocycles. The van der Waals surface area contributed by atoms with Gasteiger partial charge in [0.2, 0.25) is 0 Å². The number of benzene rings is 1. The van der Waals surface area contributed by atoms with E-state index in [0.717, 1.165) is 5.56 Å². The predicted octanol–water partition coefficient (Wildman–Crippen LogP) is 2.89. The van der Waals surface area contributed by atoms with Gasteiger partial charge in [-0.1, -0.05) is 5.92 Å². The third-order valence-corrected chi connectivity index (χ3v) is 1.63. The van der Waals surface area contributed by atoms with Gasteiger partial charge >= 0.3 is 0 Å². The fourth-order valence-corrected chi connectivity index (χ4v) is 1.03. The highest BCUT2D eigenvalue weighted by molar-refractivity contribution is 5.74. The number of rotatable bonds is 2. The third-order valence-electron chi connectivity index (χ3n) is 1.63. The maximum Gasteiger partial charge on any atom is 0.123 e. The highest BCUT2D eigenvalue weighted by Gasteiger charge is 1.97. The van der Waals surface area contributed by atoms with Crippen molar-refractivity contribution in [3.05, 3.63) is 41.7 Å². The molecule has 1 aromatic carbocycles. The van der Waals surface area contributed by atoms with Crippen molar-refractivity contribution in [3.63, 3.8) is 0 Å². The number of aliphatic imine (C=N–C) groups is 1. The zero-order valence-corrected chi connectivity index (χ0v) is 7.87. The summed E-state index contributed by atoms with van der Waals surface area (Å²) < 4.78 is 12.6. The quantitative estimate of drug-likeness (QED) is 0.498. The molecule has 70 valence electrons. The molecule has 1 rings (SSSR count). The molecule has 1 nitrogen and oxygen atoms in total. The minimum Gasteiger partial charge on any atom is -0.260 e. The first-order valence-corrected chi connectivity index (χ1v) is 4.19. The van der Waals surface area contributed by atoms with E-state index in [1.807, 2.05) is 0 Å². The van der Waals surface area contributed by atoms with Gasteiger partial charge in [0.25, 0.3) is 0 Å². The Morgan fingerprint density at radius 3 is 2.57 bits per heavy atom. The van der Waals surface area contributed by atoms with Crippen LogP contribution in [0.3, 0.4) is 0 Å². The summed E-state index contributed by atoms with van der Waals surface area (Å²) in [5.74, 6) is 2.13. The second-order valence-electron chi connectivity index (χ2n) is 2.59. The monoisotopic (exact) mass is 187 g/mol. The van der Waals surface area contributed by atoms with Crippen LogP contribution in [0.5, 0.6) is 0 Å². The summed E-state index contributed by atoms with van der Waals surface area (Å²) in [4.78, 5) is 4.08. The summed E-state index contributed by atoms with van der Waals surface area (Å²) in [5, 5.41) is 0. The highest BCUT2D eigenvalue weighted by Crippen LogP contribution is 2.15. The topological polar surface area (TPSA) is 12.4 Å². The minimum atomic E-state index is -0.269. The van der Waals surface area contributed by atoms with Crippen molar-refractivity contribution in [2.24, 2.45) is 4.99 Å². The molecular formula is C12H10FN. The molecule has 0 saturated carbocycles. The summed E-state index contributed by atoms with van der Waals surface area (Å²) in [6, 6.07) is 6.05. The first kappa shape index (κ1) is 10.2. The summed E-state index contributed by atoms with van der Waals surface area (Å²) in [7, 11) is 0. The van der Waals surface area contributed by atoms with Crippen molar-refractivity contribution < 1.29 is 4.39 Å². The molecule has 0 radical (unpaired) electrons. The summed E-state index contributed by atoms with van der Waals surface area (Å²) in [6.07, 6.45) is 8.35. The molecule has 0 heterocycles. The van der Waals surface area contributed by atoms with Crippen LogP contribution in [0.1, 0.15) is 12.5 Å². The van der Waals surface area contributed by atoms with E-state index in [-0.39, 0.29) is 5.82 Å². The third kappa shape index (κ3) is 2.56. The van der Waals surface area contributed by atoms with Crippen LogP contribution in [0.2, 0.25) is 0 Å². The molecule has 0 N–H and O–H groups in total. The van der Waals surface area contributed by atoms with Crippen molar-refractivity contribution >= 4 is 11.9 Å². The molecule has 0 aliphatic heterocycles. The Morgan fingerprint density at radius 1 is 1.43 bits per heavy atom. The van der Waals surface area contributed by atoms with Crippen molar-refractivity contribution in [2.45, 2.75) is 6.92 Å². The number of nitrogens with zero attached hydrogens (tertiary/aromatic N) is 1. The molecular weight excluding hydrogens is 177 g/mol. The molecule has 0 saturated heterocycles. The van der Waals surface area contributed by atoms with Gasteiger partial charge in [-0.05, 0) is 31.2 Å². The fourth-order valence-electron chi connectivity index (χ4n) is 1.03. The molecule has 2 heteroatoms. The maximum atomic E-state index is 12.6. The predicted molar refractivity (Wildman–Crippen MR) is 57.4 cm³/mol. The van der Waals surface area contributed by atoms with Crippen LogP contribution >= 0.6 is 0 Å². The van der Waals surface area contributed by atoms with E-state index in [2.05, 4.69) is 10.9 Å². The zero-order chi connectivity index (χ0) is 10.4. The molecule has 0 atom stereocenters. The van der Waals surface area contributed by atoms with Gasteiger partial charge in [0.15, 0.2) is 0 Å². The van der Waals surface area contributed by atoms with Gasteiger partial charge in [-0.2, -0.15) is 0 Å². The van der Waals surface area contributed by atoms with Crippen molar-refractivity contribution in [2.75, 3.05) is 0 Å². The van der Waals surface area contributed by atoms with Crippen molar-refractivity contribution in [3.8, 4) is 12.3 Å². The first-order valence-electron chi connectivity index (χ1n) is 4.19. The average Bonchev–Trinajstić information content (AvgIpc) is 2.19. The lowest BCUT2D eigenvalue weighted by atomic mass is 10.1. The Hall–Kier alpha value is -1.88. The van der Waals surface area contributed by atoms with E-state index < -0.39 is 0 Å². The lowest BCUT2D eigenvalue weighted by Crippen LogP contribution is -1.82. The smallest absolute Gasteiger partial charge is 0.123 e. The van der Waals surface area contributed by atoms with Crippen LogP contribution in [-0.4, -0.2) is 6.21 Å². The first-order chi connectivity index (χ1) is 6.77. The molecule has 1 aromatic rings. The van der Waals surface area contributed by atoms with Crippen LogP contribution in [0.15, 0.2) is 35.3 Å². The largest absolute Gasteiger partial charge is 0.260 e. The number of allylic oxidation sites excluding steroid dienone is 1. The molecule has 0 unspecified atom stereocenters. The number of hydrogen-bond donors (Lipinski definition) is 0. The summed E-state index contributed by atoms with van der Waals surface area (Å²) in [6.45, 7) is 1.80. The average molecular weight is 187 g/mol. The fraction of sp³-hybridized carbons (Fsp3) is 0.0833. The van der Waals surface area contributed by atoms with Crippen LogP contribution < -0.4 is 0 Å². The van der Waals surface area contributed by atoms with E-state index >= 15 is 0 Å². The Labute approximate surface area is 83.0 Å². The second-order valence-corrected chi connectivity index (χ2v) is 2.59. The Balaban J connectivity index is 3.08. The normalized spacial score (nSPS) is 11.6. The van der Waals surface area contributed by atoms with Crippen LogP contribution in [0.25, 0.3) is 5.70 Å². The van der Waals surface area contributed by atoms with E-state index in [9.17, 15) is 4.39 Å². The molecule has 0 spiro atoms. The molecule has 0 aliphatic rings. The van der Waals surface area contributed by atoms with E-state index in [4.69, 9.17) is 6.42 Å². The van der Waals surface area contributed by atoms with Crippen LogP contribution in [0, 0.1) is 18.2 Å². The van der Waals surface area contributed by atoms with Gasteiger partial charge in [0.1, 0.15) is 5.82 Å². The Bertz CT molecular complexity index is 393. The standard InChI is InChI=1S/C12H10FN/c1-3-5-12(14-4-2)10-6-8-11(13)9-7-10/h1,4-9H,2H3/b12-5-,14-4-. The molecule has 0 fully saturated rings. The summed E-state index contributed by atoms with van der Waals surface area (Å²) in [5.41, 5.74) is 1.47. The highest BCUT2D eigenvalue weighted by atomic mass is 19.1. The van der Waals surface area contributed by atoms with Crippen LogP contribution in [0.4, 0.5) is 4.39 Å². The molecule has 0 bridgehead atoms. The van der Waals surface area contributed by atoms with Crippen molar-refractivity contribution in [1.29, 1.82) is 0 Å². The molecule has 0 aromatic heterocycles. The van der Waals surface area contributed by atoms with Crippen molar-refractivity contribution in [1.82, 2.24) is 0 Å². The Morgan fingerprint density at radius 2 is 2.07 bits per heavy atom.